The highest BCUT2D eigenvalue weighted by molar-refractivity contribution is 5.80. The number of carbonyl (C=O) groups is 2. The molecule has 24 heavy (non-hydrogen) atoms. The Morgan fingerprint density at radius 3 is 2.75 bits per heavy atom. The van der Waals surface area contributed by atoms with Gasteiger partial charge in [0.05, 0.1) is 5.92 Å². The van der Waals surface area contributed by atoms with Crippen LogP contribution in [0.5, 0.6) is 0 Å². The number of piperidine rings is 1. The van der Waals surface area contributed by atoms with E-state index >= 15 is 0 Å². The van der Waals surface area contributed by atoms with Crippen molar-refractivity contribution >= 4 is 12.0 Å². The first kappa shape index (κ1) is 18.3. The van der Waals surface area contributed by atoms with Gasteiger partial charge in [-0.05, 0) is 30.7 Å². The van der Waals surface area contributed by atoms with Gasteiger partial charge in [-0.2, -0.15) is 0 Å². The number of benzene rings is 1. The van der Waals surface area contributed by atoms with Crippen LogP contribution in [-0.2, 0) is 16.1 Å². The van der Waals surface area contributed by atoms with Gasteiger partial charge in [-0.3, -0.25) is 4.79 Å². The summed E-state index contributed by atoms with van der Waals surface area (Å²) in [7, 11) is 0. The molecule has 1 aromatic carbocycles. The van der Waals surface area contributed by atoms with Crippen molar-refractivity contribution in [3.63, 3.8) is 0 Å². The molecule has 0 saturated carbocycles. The molecule has 1 atom stereocenters. The molecule has 1 aliphatic heterocycles. The summed E-state index contributed by atoms with van der Waals surface area (Å²) in [5.41, 5.74) is 0.964. The molecule has 1 aromatic rings. The predicted molar refractivity (Wildman–Crippen MR) is 93.4 cm³/mol. The topological polar surface area (TPSA) is 58.6 Å². The van der Waals surface area contributed by atoms with Crippen LogP contribution in [0.4, 0.5) is 4.79 Å². The number of carbonyl (C=O) groups excluding carboxylic acids is 2. The summed E-state index contributed by atoms with van der Waals surface area (Å²) in [6, 6.07) is 9.62. The minimum atomic E-state index is -0.335. The summed E-state index contributed by atoms with van der Waals surface area (Å²) < 4.78 is 5.36. The van der Waals surface area contributed by atoms with Gasteiger partial charge in [0, 0.05) is 19.6 Å². The molecule has 2 amide bonds. The summed E-state index contributed by atoms with van der Waals surface area (Å²) in [5, 5.41) is 2.98. The van der Waals surface area contributed by atoms with Crippen molar-refractivity contribution in [1.82, 2.24) is 10.2 Å². The molecule has 0 aliphatic carbocycles. The van der Waals surface area contributed by atoms with E-state index in [1.165, 1.54) is 0 Å². The molecule has 1 saturated heterocycles. The number of likely N-dealkylation sites (tertiary alicyclic amines) is 1. The second kappa shape index (κ2) is 9.30. The molecule has 0 spiro atoms. The molecular weight excluding hydrogens is 304 g/mol. The molecule has 1 heterocycles. The Morgan fingerprint density at radius 1 is 1.29 bits per heavy atom. The summed E-state index contributed by atoms with van der Waals surface area (Å²) >= 11 is 0. The van der Waals surface area contributed by atoms with E-state index in [2.05, 4.69) is 19.2 Å². The number of nitrogens with zero attached hydrogens (tertiary/aromatic N) is 1. The molecule has 2 rings (SSSR count). The standard InChI is InChI=1S/C19H28N2O3/c1-15(2)10-11-20-18(22)17-9-6-12-21(13-17)19(23)24-14-16-7-4-3-5-8-16/h3-5,7-8,15,17H,6,9-14H2,1-2H3,(H,20,22). The zero-order valence-electron chi connectivity index (χ0n) is 14.7. The van der Waals surface area contributed by atoms with Crippen molar-refractivity contribution < 1.29 is 14.3 Å². The number of amides is 2. The van der Waals surface area contributed by atoms with Gasteiger partial charge in [0.2, 0.25) is 5.91 Å². The van der Waals surface area contributed by atoms with Gasteiger partial charge in [0.1, 0.15) is 6.61 Å². The molecule has 1 aliphatic rings. The molecular formula is C19H28N2O3. The number of ether oxygens (including phenoxy) is 1. The number of hydrogen-bond acceptors (Lipinski definition) is 3. The van der Waals surface area contributed by atoms with Crippen molar-refractivity contribution in [1.29, 1.82) is 0 Å². The normalized spacial score (nSPS) is 17.6. The summed E-state index contributed by atoms with van der Waals surface area (Å²) in [5.74, 6) is 0.493. The molecule has 1 fully saturated rings. The molecule has 0 radical (unpaired) electrons. The first-order chi connectivity index (χ1) is 11.6. The zero-order valence-corrected chi connectivity index (χ0v) is 14.7. The molecule has 0 bridgehead atoms. The maximum atomic E-state index is 12.2. The van der Waals surface area contributed by atoms with Gasteiger partial charge in [-0.1, -0.05) is 44.2 Å². The van der Waals surface area contributed by atoms with Crippen LogP contribution in [0.3, 0.4) is 0 Å². The van der Waals surface area contributed by atoms with Gasteiger partial charge >= 0.3 is 6.09 Å². The van der Waals surface area contributed by atoms with Crippen molar-refractivity contribution in [2.45, 2.75) is 39.7 Å². The highest BCUT2D eigenvalue weighted by atomic mass is 16.6. The maximum absolute atomic E-state index is 12.2. The second-order valence-electron chi connectivity index (χ2n) is 6.80. The highest BCUT2D eigenvalue weighted by Gasteiger charge is 2.29. The van der Waals surface area contributed by atoms with Gasteiger partial charge in [-0.25, -0.2) is 4.79 Å². The van der Waals surface area contributed by atoms with Crippen LogP contribution in [0.25, 0.3) is 0 Å². The highest BCUT2D eigenvalue weighted by Crippen LogP contribution is 2.18. The smallest absolute Gasteiger partial charge is 0.410 e. The van der Waals surface area contributed by atoms with Crippen LogP contribution in [-0.4, -0.2) is 36.5 Å². The van der Waals surface area contributed by atoms with Crippen molar-refractivity contribution in [3.05, 3.63) is 35.9 Å². The first-order valence-corrected chi connectivity index (χ1v) is 8.79. The van der Waals surface area contributed by atoms with E-state index in [9.17, 15) is 9.59 Å². The number of nitrogens with one attached hydrogen (secondary N) is 1. The van der Waals surface area contributed by atoms with Gasteiger partial charge in [-0.15, -0.1) is 0 Å². The van der Waals surface area contributed by atoms with Crippen LogP contribution in [0.1, 0.15) is 38.7 Å². The van der Waals surface area contributed by atoms with Crippen molar-refractivity contribution in [3.8, 4) is 0 Å². The maximum Gasteiger partial charge on any atom is 0.410 e. The molecule has 132 valence electrons. The average Bonchev–Trinajstić information content (AvgIpc) is 2.60. The Morgan fingerprint density at radius 2 is 2.04 bits per heavy atom. The first-order valence-electron chi connectivity index (χ1n) is 8.79. The summed E-state index contributed by atoms with van der Waals surface area (Å²) in [6.45, 7) is 6.34. The van der Waals surface area contributed by atoms with E-state index in [-0.39, 0.29) is 24.5 Å². The van der Waals surface area contributed by atoms with E-state index in [1.807, 2.05) is 30.3 Å². The monoisotopic (exact) mass is 332 g/mol. The van der Waals surface area contributed by atoms with Crippen molar-refractivity contribution in [2.24, 2.45) is 11.8 Å². The Kier molecular flexibility index (Phi) is 7.09. The van der Waals surface area contributed by atoms with Crippen molar-refractivity contribution in [2.75, 3.05) is 19.6 Å². The molecule has 5 nitrogen and oxygen atoms in total. The minimum absolute atomic E-state index is 0.0520. The molecule has 0 aromatic heterocycles. The fraction of sp³-hybridized carbons (Fsp3) is 0.579. The lowest BCUT2D eigenvalue weighted by molar-refractivity contribution is -0.126. The quantitative estimate of drug-likeness (QED) is 0.870. The van der Waals surface area contributed by atoms with Crippen LogP contribution >= 0.6 is 0 Å². The Balaban J connectivity index is 1.77. The Bertz CT molecular complexity index is 531. The van der Waals surface area contributed by atoms with Gasteiger partial charge in [0.15, 0.2) is 0 Å². The van der Waals surface area contributed by atoms with E-state index in [1.54, 1.807) is 4.90 Å². The van der Waals surface area contributed by atoms with E-state index in [0.717, 1.165) is 24.8 Å². The minimum Gasteiger partial charge on any atom is -0.445 e. The van der Waals surface area contributed by atoms with Crippen LogP contribution in [0, 0.1) is 11.8 Å². The predicted octanol–water partition coefficient (Wildman–Crippen LogP) is 3.20. The third kappa shape index (κ3) is 5.87. The van der Waals surface area contributed by atoms with Gasteiger partial charge in [0.25, 0.3) is 0 Å². The van der Waals surface area contributed by atoms with Crippen LogP contribution in [0.15, 0.2) is 30.3 Å². The molecule has 1 unspecified atom stereocenters. The van der Waals surface area contributed by atoms with Crippen LogP contribution in [0.2, 0.25) is 0 Å². The Labute approximate surface area is 144 Å². The molecule has 5 heteroatoms. The van der Waals surface area contributed by atoms with E-state index in [0.29, 0.717) is 25.6 Å². The fourth-order valence-corrected chi connectivity index (χ4v) is 2.80. The van der Waals surface area contributed by atoms with Gasteiger partial charge < -0.3 is 15.0 Å². The second-order valence-corrected chi connectivity index (χ2v) is 6.80. The largest absolute Gasteiger partial charge is 0.445 e. The van der Waals surface area contributed by atoms with E-state index in [4.69, 9.17) is 4.74 Å². The third-order valence-electron chi connectivity index (χ3n) is 4.28. The lowest BCUT2D eigenvalue weighted by Crippen LogP contribution is -2.45. The number of rotatable bonds is 6. The lowest BCUT2D eigenvalue weighted by Gasteiger charge is -2.31. The zero-order chi connectivity index (χ0) is 17.4. The van der Waals surface area contributed by atoms with E-state index < -0.39 is 0 Å². The number of hydrogen-bond donors (Lipinski definition) is 1. The summed E-state index contributed by atoms with van der Waals surface area (Å²) in [6.07, 6.45) is 2.30. The Hall–Kier alpha value is -2.04. The average molecular weight is 332 g/mol. The lowest BCUT2D eigenvalue weighted by atomic mass is 9.97. The van der Waals surface area contributed by atoms with Crippen LogP contribution < -0.4 is 5.32 Å². The molecule has 1 N–H and O–H groups in total. The third-order valence-corrected chi connectivity index (χ3v) is 4.28. The summed E-state index contributed by atoms with van der Waals surface area (Å²) in [4.78, 5) is 26.1. The fourth-order valence-electron chi connectivity index (χ4n) is 2.80. The SMILES string of the molecule is CC(C)CCNC(=O)C1CCCN(C(=O)OCc2ccccc2)C1.